The van der Waals surface area contributed by atoms with Crippen molar-refractivity contribution >= 4 is 17.8 Å². The van der Waals surface area contributed by atoms with E-state index >= 15 is 0 Å². The standard InChI is InChI=1S/C18H12O5/c1-11(19)21-13-7-6-12-8-9-18(23-16(12)10-13)17(20)14-4-2-3-5-15(14)22-18/h2-10H,1H3. The lowest BCUT2D eigenvalue weighted by Crippen LogP contribution is -2.45. The number of hydrogen-bond donors (Lipinski definition) is 0. The van der Waals surface area contributed by atoms with Crippen molar-refractivity contribution in [3.8, 4) is 17.2 Å². The summed E-state index contributed by atoms with van der Waals surface area (Å²) in [5, 5.41) is 0. The summed E-state index contributed by atoms with van der Waals surface area (Å²) >= 11 is 0. The third-order valence-corrected chi connectivity index (χ3v) is 3.70. The van der Waals surface area contributed by atoms with E-state index in [2.05, 4.69) is 0 Å². The largest absolute Gasteiger partial charge is 0.441 e. The topological polar surface area (TPSA) is 61.8 Å². The summed E-state index contributed by atoms with van der Waals surface area (Å²) in [7, 11) is 0. The van der Waals surface area contributed by atoms with Crippen molar-refractivity contribution in [2.75, 3.05) is 0 Å². The molecular formula is C18H12O5. The molecule has 1 atom stereocenters. The zero-order valence-corrected chi connectivity index (χ0v) is 12.2. The molecule has 5 heteroatoms. The van der Waals surface area contributed by atoms with Gasteiger partial charge in [-0.05, 0) is 30.3 Å². The highest BCUT2D eigenvalue weighted by Crippen LogP contribution is 2.42. The van der Waals surface area contributed by atoms with Crippen molar-refractivity contribution in [3.63, 3.8) is 0 Å². The van der Waals surface area contributed by atoms with Crippen LogP contribution in [0.25, 0.3) is 6.08 Å². The number of fused-ring (bicyclic) bond motifs is 2. The maximum absolute atomic E-state index is 12.7. The number of ketones is 1. The molecule has 2 heterocycles. The molecular weight excluding hydrogens is 296 g/mol. The molecule has 0 aliphatic carbocycles. The van der Waals surface area contributed by atoms with Gasteiger partial charge in [-0.2, -0.15) is 0 Å². The molecule has 0 radical (unpaired) electrons. The molecule has 5 nitrogen and oxygen atoms in total. The van der Waals surface area contributed by atoms with Crippen molar-refractivity contribution in [2.24, 2.45) is 0 Å². The van der Waals surface area contributed by atoms with E-state index in [0.29, 0.717) is 22.8 Å². The van der Waals surface area contributed by atoms with E-state index in [4.69, 9.17) is 14.2 Å². The first-order chi connectivity index (χ1) is 11.1. The molecule has 2 aromatic rings. The molecule has 0 saturated heterocycles. The molecule has 0 fully saturated rings. The average molecular weight is 308 g/mol. The minimum Gasteiger partial charge on any atom is -0.441 e. The van der Waals surface area contributed by atoms with Crippen molar-refractivity contribution < 1.29 is 23.8 Å². The van der Waals surface area contributed by atoms with E-state index in [1.807, 2.05) is 0 Å². The molecule has 114 valence electrons. The second-order valence-electron chi connectivity index (χ2n) is 5.32. The minimum absolute atomic E-state index is 0.257. The van der Waals surface area contributed by atoms with Crippen molar-refractivity contribution in [1.82, 2.24) is 0 Å². The number of carbonyl (C=O) groups is 2. The summed E-state index contributed by atoms with van der Waals surface area (Å²) in [6, 6.07) is 12.0. The van der Waals surface area contributed by atoms with Gasteiger partial charge in [0.2, 0.25) is 0 Å². The molecule has 2 aliphatic heterocycles. The first kappa shape index (κ1) is 13.6. The maximum Gasteiger partial charge on any atom is 0.337 e. The summed E-state index contributed by atoms with van der Waals surface area (Å²) in [4.78, 5) is 23.7. The second-order valence-corrected chi connectivity index (χ2v) is 5.32. The summed E-state index contributed by atoms with van der Waals surface area (Å²) in [6.07, 6.45) is 3.36. The molecule has 23 heavy (non-hydrogen) atoms. The lowest BCUT2D eigenvalue weighted by Gasteiger charge is -2.28. The second kappa shape index (κ2) is 4.71. The number of hydrogen-bond acceptors (Lipinski definition) is 5. The van der Waals surface area contributed by atoms with Gasteiger partial charge in [-0.15, -0.1) is 0 Å². The first-order valence-electron chi connectivity index (χ1n) is 7.11. The Hall–Kier alpha value is -3.08. The van der Waals surface area contributed by atoms with Crippen molar-refractivity contribution in [2.45, 2.75) is 12.7 Å². The van der Waals surface area contributed by atoms with E-state index < -0.39 is 11.8 Å². The van der Waals surface area contributed by atoms with Crippen LogP contribution in [0.2, 0.25) is 0 Å². The fourth-order valence-electron chi connectivity index (χ4n) is 2.68. The third-order valence-electron chi connectivity index (χ3n) is 3.70. The van der Waals surface area contributed by atoms with Gasteiger partial charge in [-0.25, -0.2) is 0 Å². The summed E-state index contributed by atoms with van der Waals surface area (Å²) in [6.45, 7) is 1.32. The number of ether oxygens (including phenoxy) is 3. The third kappa shape index (κ3) is 2.09. The number of para-hydroxylation sites is 1. The van der Waals surface area contributed by atoms with Crippen LogP contribution in [0.4, 0.5) is 0 Å². The Balaban J connectivity index is 1.72. The highest BCUT2D eigenvalue weighted by molar-refractivity contribution is 6.08. The monoisotopic (exact) mass is 308 g/mol. The van der Waals surface area contributed by atoms with Crippen LogP contribution in [-0.2, 0) is 4.79 Å². The van der Waals surface area contributed by atoms with Crippen LogP contribution in [0.5, 0.6) is 17.2 Å². The number of benzene rings is 2. The van der Waals surface area contributed by atoms with Crippen LogP contribution >= 0.6 is 0 Å². The fourth-order valence-corrected chi connectivity index (χ4v) is 2.68. The van der Waals surface area contributed by atoms with Crippen molar-refractivity contribution in [3.05, 3.63) is 59.7 Å². The van der Waals surface area contributed by atoms with Crippen LogP contribution in [0, 0.1) is 0 Å². The Kier molecular flexibility index (Phi) is 2.78. The van der Waals surface area contributed by atoms with E-state index in [1.54, 1.807) is 54.6 Å². The number of rotatable bonds is 1. The van der Waals surface area contributed by atoms with Gasteiger partial charge in [0.25, 0.3) is 5.78 Å². The Morgan fingerprint density at radius 2 is 1.87 bits per heavy atom. The van der Waals surface area contributed by atoms with Gasteiger partial charge >= 0.3 is 11.8 Å². The van der Waals surface area contributed by atoms with E-state index in [-0.39, 0.29) is 5.78 Å². The Morgan fingerprint density at radius 1 is 1.09 bits per heavy atom. The summed E-state index contributed by atoms with van der Waals surface area (Å²) in [5.41, 5.74) is 1.26. The molecule has 0 N–H and O–H groups in total. The molecule has 2 aliphatic rings. The number of esters is 1. The normalized spacial score (nSPS) is 20.5. The van der Waals surface area contributed by atoms with E-state index in [0.717, 1.165) is 5.56 Å². The van der Waals surface area contributed by atoms with Crippen LogP contribution in [0.15, 0.2) is 48.5 Å². The highest BCUT2D eigenvalue weighted by Gasteiger charge is 2.50. The van der Waals surface area contributed by atoms with Gasteiger partial charge in [0, 0.05) is 24.6 Å². The van der Waals surface area contributed by atoms with E-state index in [1.165, 1.54) is 6.92 Å². The van der Waals surface area contributed by atoms with Gasteiger partial charge in [0.15, 0.2) is 0 Å². The highest BCUT2D eigenvalue weighted by atomic mass is 16.7. The first-order valence-corrected chi connectivity index (χ1v) is 7.11. The fraction of sp³-hybridized carbons (Fsp3) is 0.111. The lowest BCUT2D eigenvalue weighted by atomic mass is 10.0. The Labute approximate surface area is 132 Å². The maximum atomic E-state index is 12.7. The zero-order chi connectivity index (χ0) is 16.0. The Morgan fingerprint density at radius 3 is 2.65 bits per heavy atom. The van der Waals surface area contributed by atoms with E-state index in [9.17, 15) is 9.59 Å². The summed E-state index contributed by atoms with van der Waals surface area (Å²) < 4.78 is 16.7. The molecule has 0 aromatic heterocycles. The Bertz CT molecular complexity index is 867. The molecule has 0 amide bonds. The van der Waals surface area contributed by atoms with Gasteiger partial charge in [-0.3, -0.25) is 9.59 Å². The molecule has 4 rings (SSSR count). The molecule has 0 bridgehead atoms. The van der Waals surface area contributed by atoms with Gasteiger partial charge in [-0.1, -0.05) is 12.1 Å². The van der Waals surface area contributed by atoms with Crippen molar-refractivity contribution in [1.29, 1.82) is 0 Å². The van der Waals surface area contributed by atoms with Crippen LogP contribution < -0.4 is 14.2 Å². The average Bonchev–Trinajstić information content (AvgIpc) is 2.79. The molecule has 2 aromatic carbocycles. The minimum atomic E-state index is -1.49. The van der Waals surface area contributed by atoms with Gasteiger partial charge in [0.1, 0.15) is 17.2 Å². The number of carbonyl (C=O) groups excluding carboxylic acids is 2. The predicted octanol–water partition coefficient (Wildman–Crippen LogP) is 2.99. The molecule has 0 saturated carbocycles. The van der Waals surface area contributed by atoms with Crippen LogP contribution in [0.1, 0.15) is 22.8 Å². The lowest BCUT2D eigenvalue weighted by molar-refractivity contribution is -0.131. The van der Waals surface area contributed by atoms with Gasteiger partial charge < -0.3 is 14.2 Å². The number of Topliss-reactive ketones (excluding diaryl/α,β-unsaturated/α-hetero) is 1. The summed E-state index contributed by atoms with van der Waals surface area (Å²) in [5.74, 6) is -0.913. The van der Waals surface area contributed by atoms with Crippen LogP contribution in [-0.4, -0.2) is 17.5 Å². The molecule has 1 unspecified atom stereocenters. The van der Waals surface area contributed by atoms with Crippen LogP contribution in [0.3, 0.4) is 0 Å². The zero-order valence-electron chi connectivity index (χ0n) is 12.2. The quantitative estimate of drug-likeness (QED) is 0.598. The molecule has 1 spiro atoms. The van der Waals surface area contributed by atoms with Gasteiger partial charge in [0.05, 0.1) is 5.56 Å². The SMILES string of the molecule is CC(=O)Oc1ccc2c(c1)OC1(C=C2)Oc2ccccc2C1=O. The predicted molar refractivity (Wildman–Crippen MR) is 81.5 cm³/mol. The smallest absolute Gasteiger partial charge is 0.337 e.